The maximum Gasteiger partial charge on any atom is 0.239 e. The molecule has 0 radical (unpaired) electrons. The Morgan fingerprint density at radius 2 is 1.91 bits per heavy atom. The maximum absolute atomic E-state index is 11.9. The average Bonchev–Trinajstić information content (AvgIpc) is 2.44. The second-order valence-electron chi connectivity index (χ2n) is 7.32. The van der Waals surface area contributed by atoms with Crippen molar-refractivity contribution in [1.82, 2.24) is 15.5 Å². The third-order valence-corrected chi connectivity index (χ3v) is 3.84. The standard InChI is InChI=1S/C16H32N4O3/c1-16(2,3)19-14(21)10-20-7-5-12(6-8-20)9-18-15(22)13(17)11-23-4/h12-13H,5-11,17H2,1-4H3,(H,18,22)(H,19,21). The molecule has 1 saturated heterocycles. The highest BCUT2D eigenvalue weighted by Crippen LogP contribution is 2.16. The van der Waals surface area contributed by atoms with E-state index in [0.29, 0.717) is 19.0 Å². The molecule has 0 bridgehead atoms. The predicted octanol–water partition coefficient (Wildman–Crippen LogP) is -0.297. The van der Waals surface area contributed by atoms with Gasteiger partial charge in [0.05, 0.1) is 13.2 Å². The van der Waals surface area contributed by atoms with Crippen molar-refractivity contribution >= 4 is 11.8 Å². The van der Waals surface area contributed by atoms with Gasteiger partial charge >= 0.3 is 0 Å². The summed E-state index contributed by atoms with van der Waals surface area (Å²) >= 11 is 0. The minimum Gasteiger partial charge on any atom is -0.383 e. The van der Waals surface area contributed by atoms with E-state index in [0.717, 1.165) is 25.9 Å². The fourth-order valence-corrected chi connectivity index (χ4v) is 2.64. The Labute approximate surface area is 139 Å². The van der Waals surface area contributed by atoms with Gasteiger partial charge in [0.1, 0.15) is 6.04 Å². The number of piperidine rings is 1. The van der Waals surface area contributed by atoms with E-state index in [2.05, 4.69) is 15.5 Å². The molecule has 1 rings (SSSR count). The van der Waals surface area contributed by atoms with Crippen molar-refractivity contribution in [2.24, 2.45) is 11.7 Å². The molecule has 0 aromatic rings. The van der Waals surface area contributed by atoms with Gasteiger partial charge < -0.3 is 21.1 Å². The van der Waals surface area contributed by atoms with Gasteiger partial charge in [0.2, 0.25) is 11.8 Å². The van der Waals surface area contributed by atoms with E-state index in [1.165, 1.54) is 7.11 Å². The summed E-state index contributed by atoms with van der Waals surface area (Å²) in [5, 5.41) is 5.86. The smallest absolute Gasteiger partial charge is 0.239 e. The SMILES string of the molecule is COCC(N)C(=O)NCC1CCN(CC(=O)NC(C)(C)C)CC1. The Morgan fingerprint density at radius 3 is 2.43 bits per heavy atom. The lowest BCUT2D eigenvalue weighted by molar-refractivity contribution is -0.124. The van der Waals surface area contributed by atoms with Crippen LogP contribution in [0.2, 0.25) is 0 Å². The molecule has 0 aliphatic carbocycles. The van der Waals surface area contributed by atoms with Gasteiger partial charge in [0.15, 0.2) is 0 Å². The largest absolute Gasteiger partial charge is 0.383 e. The Bertz CT molecular complexity index is 387. The minimum atomic E-state index is -0.610. The molecule has 2 amide bonds. The predicted molar refractivity (Wildman–Crippen MR) is 89.9 cm³/mol. The molecule has 1 fully saturated rings. The number of likely N-dealkylation sites (tertiary alicyclic amines) is 1. The van der Waals surface area contributed by atoms with Gasteiger partial charge in [-0.25, -0.2) is 0 Å². The Kier molecular flexibility index (Phi) is 7.94. The van der Waals surface area contributed by atoms with E-state index in [-0.39, 0.29) is 24.0 Å². The summed E-state index contributed by atoms with van der Waals surface area (Å²) in [5.41, 5.74) is 5.49. The quantitative estimate of drug-likeness (QED) is 0.596. The summed E-state index contributed by atoms with van der Waals surface area (Å²) in [4.78, 5) is 25.8. The molecule has 7 nitrogen and oxygen atoms in total. The van der Waals surface area contributed by atoms with Crippen molar-refractivity contribution < 1.29 is 14.3 Å². The molecule has 1 heterocycles. The summed E-state index contributed by atoms with van der Waals surface area (Å²) in [6.45, 7) is 9.00. The molecule has 0 saturated carbocycles. The zero-order valence-corrected chi connectivity index (χ0v) is 14.9. The van der Waals surface area contributed by atoms with E-state index in [9.17, 15) is 9.59 Å². The van der Waals surface area contributed by atoms with E-state index in [4.69, 9.17) is 10.5 Å². The van der Waals surface area contributed by atoms with Crippen molar-refractivity contribution in [1.29, 1.82) is 0 Å². The minimum absolute atomic E-state index is 0.0646. The Hall–Kier alpha value is -1.18. The van der Waals surface area contributed by atoms with Crippen LogP contribution in [0.25, 0.3) is 0 Å². The third kappa shape index (κ3) is 8.29. The zero-order valence-electron chi connectivity index (χ0n) is 14.9. The van der Waals surface area contributed by atoms with Crippen LogP contribution in [0.1, 0.15) is 33.6 Å². The molecule has 1 unspecified atom stereocenters. The second-order valence-corrected chi connectivity index (χ2v) is 7.32. The van der Waals surface area contributed by atoms with Crippen molar-refractivity contribution in [2.45, 2.75) is 45.2 Å². The molecule has 134 valence electrons. The lowest BCUT2D eigenvalue weighted by Gasteiger charge is -2.32. The van der Waals surface area contributed by atoms with Crippen LogP contribution in [-0.4, -0.2) is 68.2 Å². The van der Waals surface area contributed by atoms with Crippen LogP contribution in [0, 0.1) is 5.92 Å². The lowest BCUT2D eigenvalue weighted by atomic mass is 9.96. The van der Waals surface area contributed by atoms with Crippen molar-refractivity contribution in [3.05, 3.63) is 0 Å². The average molecular weight is 328 g/mol. The van der Waals surface area contributed by atoms with E-state index in [1.54, 1.807) is 0 Å². The Morgan fingerprint density at radius 1 is 1.30 bits per heavy atom. The van der Waals surface area contributed by atoms with Crippen molar-refractivity contribution in [2.75, 3.05) is 39.9 Å². The third-order valence-electron chi connectivity index (χ3n) is 3.84. The number of ether oxygens (including phenoxy) is 1. The van der Waals surface area contributed by atoms with Crippen LogP contribution in [-0.2, 0) is 14.3 Å². The molecule has 1 aliphatic heterocycles. The number of amides is 2. The highest BCUT2D eigenvalue weighted by molar-refractivity contribution is 5.81. The number of nitrogens with one attached hydrogen (secondary N) is 2. The van der Waals surface area contributed by atoms with E-state index < -0.39 is 6.04 Å². The van der Waals surface area contributed by atoms with Crippen LogP contribution >= 0.6 is 0 Å². The highest BCUT2D eigenvalue weighted by Gasteiger charge is 2.23. The maximum atomic E-state index is 11.9. The van der Waals surface area contributed by atoms with Crippen molar-refractivity contribution in [3.8, 4) is 0 Å². The first-order valence-corrected chi connectivity index (χ1v) is 8.27. The van der Waals surface area contributed by atoms with Crippen LogP contribution in [0.15, 0.2) is 0 Å². The molecule has 0 aromatic heterocycles. The number of carbonyl (C=O) groups is 2. The first-order chi connectivity index (χ1) is 10.7. The summed E-state index contributed by atoms with van der Waals surface area (Å²) in [6, 6.07) is -0.610. The van der Waals surface area contributed by atoms with Gasteiger partial charge in [-0.1, -0.05) is 0 Å². The van der Waals surface area contributed by atoms with Gasteiger partial charge in [-0.3, -0.25) is 14.5 Å². The molecule has 1 atom stereocenters. The van der Waals surface area contributed by atoms with Gasteiger partial charge in [-0.2, -0.15) is 0 Å². The molecule has 0 aromatic carbocycles. The molecular weight excluding hydrogens is 296 g/mol. The van der Waals surface area contributed by atoms with Crippen LogP contribution in [0.4, 0.5) is 0 Å². The second kappa shape index (κ2) is 9.20. The van der Waals surface area contributed by atoms with Gasteiger partial charge in [-0.05, 0) is 52.6 Å². The molecular formula is C16H32N4O3. The van der Waals surface area contributed by atoms with E-state index in [1.807, 2.05) is 20.8 Å². The fraction of sp³-hybridized carbons (Fsp3) is 0.875. The van der Waals surface area contributed by atoms with Gasteiger partial charge in [0, 0.05) is 19.2 Å². The molecule has 4 N–H and O–H groups in total. The number of rotatable bonds is 7. The summed E-state index contributed by atoms with van der Waals surface area (Å²) < 4.78 is 4.87. The summed E-state index contributed by atoms with van der Waals surface area (Å²) in [5.74, 6) is 0.337. The van der Waals surface area contributed by atoms with E-state index >= 15 is 0 Å². The van der Waals surface area contributed by atoms with Gasteiger partial charge in [0.25, 0.3) is 0 Å². The van der Waals surface area contributed by atoms with Crippen LogP contribution < -0.4 is 16.4 Å². The van der Waals surface area contributed by atoms with Crippen LogP contribution in [0.3, 0.4) is 0 Å². The molecule has 1 aliphatic rings. The number of hydrogen-bond acceptors (Lipinski definition) is 5. The summed E-state index contributed by atoms with van der Waals surface area (Å²) in [6.07, 6.45) is 1.95. The number of methoxy groups -OCH3 is 1. The number of nitrogens with zero attached hydrogens (tertiary/aromatic N) is 1. The monoisotopic (exact) mass is 328 g/mol. The Balaban J connectivity index is 2.23. The topological polar surface area (TPSA) is 96.7 Å². The molecule has 7 heteroatoms. The zero-order chi connectivity index (χ0) is 17.5. The normalized spacial score (nSPS) is 18.5. The lowest BCUT2D eigenvalue weighted by Crippen LogP contribution is -2.49. The van der Waals surface area contributed by atoms with Crippen molar-refractivity contribution in [3.63, 3.8) is 0 Å². The first-order valence-electron chi connectivity index (χ1n) is 8.27. The van der Waals surface area contributed by atoms with Gasteiger partial charge in [-0.15, -0.1) is 0 Å². The number of carbonyl (C=O) groups excluding carboxylic acids is 2. The first kappa shape index (κ1) is 19.9. The molecule has 0 spiro atoms. The summed E-state index contributed by atoms with van der Waals surface area (Å²) in [7, 11) is 1.53. The fourth-order valence-electron chi connectivity index (χ4n) is 2.64. The van der Waals surface area contributed by atoms with Crippen LogP contribution in [0.5, 0.6) is 0 Å². The highest BCUT2D eigenvalue weighted by atomic mass is 16.5. The molecule has 23 heavy (non-hydrogen) atoms. The number of hydrogen-bond donors (Lipinski definition) is 3. The number of nitrogens with two attached hydrogens (primary N) is 1.